The molecule has 2 aromatic rings. The van der Waals surface area contributed by atoms with Gasteiger partial charge >= 0.3 is 0 Å². The van der Waals surface area contributed by atoms with Gasteiger partial charge in [0.1, 0.15) is 0 Å². The molecule has 1 aromatic carbocycles. The van der Waals surface area contributed by atoms with E-state index >= 15 is 0 Å². The molecule has 0 radical (unpaired) electrons. The molecule has 0 spiro atoms. The highest BCUT2D eigenvalue weighted by atomic mass is 35.5. The Hall–Kier alpha value is -0.870. The summed E-state index contributed by atoms with van der Waals surface area (Å²) in [6.07, 6.45) is 1.07. The standard InChI is InChI=1S/C15H19ClN2S/c1-17-9-8-12-4-2-3-5-13(12)10-18-11-14-6-7-15(16)19-14/h2-7,17-18H,8-11H2,1H3. The zero-order valence-electron chi connectivity index (χ0n) is 11.1. The van der Waals surface area contributed by atoms with Crippen LogP contribution in [-0.2, 0) is 19.5 Å². The smallest absolute Gasteiger partial charge is 0.0931 e. The predicted octanol–water partition coefficient (Wildman–Crippen LogP) is 3.45. The molecule has 2 N–H and O–H groups in total. The maximum absolute atomic E-state index is 5.92. The topological polar surface area (TPSA) is 24.1 Å². The van der Waals surface area contributed by atoms with E-state index < -0.39 is 0 Å². The third kappa shape index (κ3) is 4.62. The van der Waals surface area contributed by atoms with Gasteiger partial charge in [0.15, 0.2) is 0 Å². The highest BCUT2D eigenvalue weighted by molar-refractivity contribution is 7.16. The number of hydrogen-bond donors (Lipinski definition) is 2. The fourth-order valence-corrected chi connectivity index (χ4v) is 3.06. The minimum Gasteiger partial charge on any atom is -0.319 e. The SMILES string of the molecule is CNCCc1ccccc1CNCc1ccc(Cl)s1. The van der Waals surface area contributed by atoms with E-state index in [1.165, 1.54) is 16.0 Å². The van der Waals surface area contributed by atoms with Crippen LogP contribution in [0.1, 0.15) is 16.0 Å². The van der Waals surface area contributed by atoms with Crippen molar-refractivity contribution in [2.45, 2.75) is 19.5 Å². The maximum atomic E-state index is 5.92. The fraction of sp³-hybridized carbons (Fsp3) is 0.333. The minimum absolute atomic E-state index is 0.853. The minimum atomic E-state index is 0.853. The van der Waals surface area contributed by atoms with Crippen molar-refractivity contribution in [3.05, 3.63) is 56.7 Å². The second-order valence-corrected chi connectivity index (χ2v) is 6.23. The van der Waals surface area contributed by atoms with Gasteiger partial charge in [-0.25, -0.2) is 0 Å². The van der Waals surface area contributed by atoms with Crippen molar-refractivity contribution in [3.8, 4) is 0 Å². The zero-order chi connectivity index (χ0) is 13.5. The molecule has 0 amide bonds. The quantitative estimate of drug-likeness (QED) is 0.817. The number of halogens is 1. The lowest BCUT2D eigenvalue weighted by molar-refractivity contribution is 0.690. The van der Waals surface area contributed by atoms with Crippen molar-refractivity contribution in [2.75, 3.05) is 13.6 Å². The molecule has 0 aliphatic rings. The van der Waals surface area contributed by atoms with Crippen LogP contribution in [0, 0.1) is 0 Å². The normalized spacial score (nSPS) is 10.8. The Bertz CT molecular complexity index is 510. The Morgan fingerprint density at radius 2 is 1.84 bits per heavy atom. The van der Waals surface area contributed by atoms with Crippen molar-refractivity contribution < 1.29 is 0 Å². The van der Waals surface area contributed by atoms with E-state index in [4.69, 9.17) is 11.6 Å². The Morgan fingerprint density at radius 3 is 2.53 bits per heavy atom. The summed E-state index contributed by atoms with van der Waals surface area (Å²) in [5.74, 6) is 0. The number of thiophene rings is 1. The molecule has 2 nitrogen and oxygen atoms in total. The number of hydrogen-bond acceptors (Lipinski definition) is 3. The summed E-state index contributed by atoms with van der Waals surface area (Å²) >= 11 is 7.56. The van der Waals surface area contributed by atoms with Crippen molar-refractivity contribution in [2.24, 2.45) is 0 Å². The van der Waals surface area contributed by atoms with Crippen LogP contribution in [0.5, 0.6) is 0 Å². The van der Waals surface area contributed by atoms with Crippen LogP contribution in [0.3, 0.4) is 0 Å². The molecule has 0 aliphatic carbocycles. The van der Waals surface area contributed by atoms with Crippen LogP contribution in [0.4, 0.5) is 0 Å². The number of rotatable bonds is 7. The Kier molecular flexibility index (Phi) is 5.86. The molecule has 1 heterocycles. The molecule has 0 atom stereocenters. The van der Waals surface area contributed by atoms with Crippen LogP contribution in [0.25, 0.3) is 0 Å². The highest BCUT2D eigenvalue weighted by Gasteiger charge is 2.02. The summed E-state index contributed by atoms with van der Waals surface area (Å²) in [7, 11) is 1.99. The average molecular weight is 295 g/mol. The van der Waals surface area contributed by atoms with Gasteiger partial charge in [-0.2, -0.15) is 0 Å². The molecule has 0 unspecified atom stereocenters. The first kappa shape index (κ1) is 14.5. The van der Waals surface area contributed by atoms with Gasteiger partial charge in [-0.3, -0.25) is 0 Å². The molecule has 0 aliphatic heterocycles. The summed E-state index contributed by atoms with van der Waals surface area (Å²) in [5.41, 5.74) is 2.79. The molecular weight excluding hydrogens is 276 g/mol. The molecule has 0 fully saturated rings. The average Bonchev–Trinajstić information content (AvgIpc) is 2.83. The van der Waals surface area contributed by atoms with Gasteiger partial charge in [0.2, 0.25) is 0 Å². The van der Waals surface area contributed by atoms with Crippen molar-refractivity contribution in [1.82, 2.24) is 10.6 Å². The van der Waals surface area contributed by atoms with Crippen LogP contribution >= 0.6 is 22.9 Å². The molecule has 0 saturated heterocycles. The van der Waals surface area contributed by atoms with Crippen LogP contribution in [0.15, 0.2) is 36.4 Å². The van der Waals surface area contributed by atoms with E-state index in [-0.39, 0.29) is 0 Å². The molecule has 1 aromatic heterocycles. The van der Waals surface area contributed by atoms with Gasteiger partial charge < -0.3 is 10.6 Å². The number of benzene rings is 1. The lowest BCUT2D eigenvalue weighted by Crippen LogP contribution is -2.15. The predicted molar refractivity (Wildman–Crippen MR) is 83.9 cm³/mol. The van der Waals surface area contributed by atoms with E-state index in [1.807, 2.05) is 13.1 Å². The lowest BCUT2D eigenvalue weighted by Gasteiger charge is -2.10. The van der Waals surface area contributed by atoms with E-state index in [0.29, 0.717) is 0 Å². The number of nitrogens with one attached hydrogen (secondary N) is 2. The second kappa shape index (κ2) is 7.65. The van der Waals surface area contributed by atoms with Crippen LogP contribution in [0.2, 0.25) is 4.34 Å². The third-order valence-electron chi connectivity index (χ3n) is 3.01. The zero-order valence-corrected chi connectivity index (χ0v) is 12.7. The van der Waals surface area contributed by atoms with Gasteiger partial charge in [-0.1, -0.05) is 35.9 Å². The molecule has 19 heavy (non-hydrogen) atoms. The van der Waals surface area contributed by atoms with Crippen molar-refractivity contribution >= 4 is 22.9 Å². The molecule has 2 rings (SSSR count). The van der Waals surface area contributed by atoms with Crippen LogP contribution in [-0.4, -0.2) is 13.6 Å². The first-order valence-electron chi connectivity index (χ1n) is 6.46. The Morgan fingerprint density at radius 1 is 1.05 bits per heavy atom. The van der Waals surface area contributed by atoms with Gasteiger partial charge in [0, 0.05) is 18.0 Å². The van der Waals surface area contributed by atoms with Crippen LogP contribution < -0.4 is 10.6 Å². The van der Waals surface area contributed by atoms with Gasteiger partial charge in [0.05, 0.1) is 4.34 Å². The summed E-state index contributed by atoms with van der Waals surface area (Å²) in [6.45, 7) is 2.78. The monoisotopic (exact) mass is 294 g/mol. The Labute approximate surface area is 123 Å². The fourth-order valence-electron chi connectivity index (χ4n) is 2.00. The molecule has 0 saturated carbocycles. The number of likely N-dealkylation sites (N-methyl/N-ethyl adjacent to an activating group) is 1. The van der Waals surface area contributed by atoms with Gasteiger partial charge in [-0.05, 0) is 43.3 Å². The molecule has 102 valence electrons. The maximum Gasteiger partial charge on any atom is 0.0931 e. The first-order chi connectivity index (χ1) is 9.29. The van der Waals surface area contributed by atoms with Crippen molar-refractivity contribution in [1.29, 1.82) is 0 Å². The summed E-state index contributed by atoms with van der Waals surface area (Å²) in [5, 5.41) is 6.67. The summed E-state index contributed by atoms with van der Waals surface area (Å²) in [6, 6.07) is 12.6. The second-order valence-electron chi connectivity index (χ2n) is 4.43. The summed E-state index contributed by atoms with van der Waals surface area (Å²) < 4.78 is 0.853. The van der Waals surface area contributed by atoms with Crippen molar-refractivity contribution in [3.63, 3.8) is 0 Å². The summed E-state index contributed by atoms with van der Waals surface area (Å²) in [4.78, 5) is 1.28. The Balaban J connectivity index is 1.88. The largest absolute Gasteiger partial charge is 0.319 e. The van der Waals surface area contributed by atoms with Gasteiger partial charge in [0.25, 0.3) is 0 Å². The van der Waals surface area contributed by atoms with Gasteiger partial charge in [-0.15, -0.1) is 11.3 Å². The van der Waals surface area contributed by atoms with E-state index in [2.05, 4.69) is 41.0 Å². The highest BCUT2D eigenvalue weighted by Crippen LogP contribution is 2.21. The lowest BCUT2D eigenvalue weighted by atomic mass is 10.0. The molecular formula is C15H19ClN2S. The van der Waals surface area contributed by atoms with E-state index in [1.54, 1.807) is 11.3 Å². The first-order valence-corrected chi connectivity index (χ1v) is 7.65. The molecule has 0 bridgehead atoms. The third-order valence-corrected chi connectivity index (χ3v) is 4.24. The molecule has 4 heteroatoms. The van der Waals surface area contributed by atoms with E-state index in [0.717, 1.165) is 30.4 Å². The van der Waals surface area contributed by atoms with E-state index in [9.17, 15) is 0 Å².